The van der Waals surface area contributed by atoms with E-state index in [-0.39, 0.29) is 0 Å². The lowest BCUT2D eigenvalue weighted by Crippen LogP contribution is -2.60. The van der Waals surface area contributed by atoms with Crippen LogP contribution in [0.1, 0.15) is 34.7 Å². The van der Waals surface area contributed by atoms with Gasteiger partial charge in [-0.1, -0.05) is 12.1 Å². The lowest BCUT2D eigenvalue weighted by molar-refractivity contribution is 0.0354. The van der Waals surface area contributed by atoms with E-state index in [4.69, 9.17) is 10.5 Å². The Bertz CT molecular complexity index is 859. The number of pyridine rings is 1. The summed E-state index contributed by atoms with van der Waals surface area (Å²) in [7, 11) is 1.70. The summed E-state index contributed by atoms with van der Waals surface area (Å²) in [6, 6.07) is 13.3. The van der Waals surface area contributed by atoms with Gasteiger partial charge in [0.25, 0.3) is 0 Å². The predicted octanol–water partition coefficient (Wildman–Crippen LogP) is 2.26. The molecule has 146 valence electrons. The van der Waals surface area contributed by atoms with Gasteiger partial charge in [-0.05, 0) is 61.7 Å². The van der Waals surface area contributed by atoms with Crippen LogP contribution in [0.2, 0.25) is 0 Å². The van der Waals surface area contributed by atoms with E-state index >= 15 is 0 Å². The smallest absolute Gasteiger partial charge is 0.250 e. The molecule has 1 amide bonds. The van der Waals surface area contributed by atoms with Gasteiger partial charge in [-0.2, -0.15) is 0 Å². The Hall–Kier alpha value is -2.60. The van der Waals surface area contributed by atoms with Crippen molar-refractivity contribution in [3.63, 3.8) is 0 Å². The Labute approximate surface area is 165 Å². The lowest BCUT2D eigenvalue weighted by atomic mass is 9.75. The molecule has 4 aliphatic rings. The molecule has 6 rings (SSSR count). The largest absolute Gasteiger partial charge is 0.497 e. The molecular formula is C22H26N4O2. The van der Waals surface area contributed by atoms with Crippen LogP contribution in [0.3, 0.4) is 0 Å². The average Bonchev–Trinajstić information content (AvgIpc) is 3.17. The summed E-state index contributed by atoms with van der Waals surface area (Å²) >= 11 is 0. The number of nitrogens with two attached hydrogens (primary N) is 1. The van der Waals surface area contributed by atoms with Crippen molar-refractivity contribution in [2.24, 2.45) is 11.7 Å². The summed E-state index contributed by atoms with van der Waals surface area (Å²) in [4.78, 5) is 21.2. The maximum Gasteiger partial charge on any atom is 0.250 e. The van der Waals surface area contributed by atoms with Gasteiger partial charge in [0, 0.05) is 30.7 Å². The van der Waals surface area contributed by atoms with Gasteiger partial charge in [0.2, 0.25) is 5.91 Å². The first-order valence-electron chi connectivity index (χ1n) is 10.1. The fourth-order valence-electron chi connectivity index (χ4n) is 5.53. The highest BCUT2D eigenvalue weighted by Gasteiger charge is 2.53. The Morgan fingerprint density at radius 2 is 1.86 bits per heavy atom. The van der Waals surface area contributed by atoms with Crippen molar-refractivity contribution in [2.45, 2.75) is 30.8 Å². The minimum absolute atomic E-state index is 0.433. The minimum Gasteiger partial charge on any atom is -0.497 e. The number of hydrogen-bond acceptors (Lipinski definition) is 5. The number of amides is 1. The summed E-state index contributed by atoms with van der Waals surface area (Å²) in [6.45, 7) is 3.33. The Morgan fingerprint density at radius 3 is 2.46 bits per heavy atom. The van der Waals surface area contributed by atoms with E-state index < -0.39 is 5.91 Å². The zero-order valence-corrected chi connectivity index (χ0v) is 16.1. The molecule has 1 aromatic carbocycles. The number of piperidine rings is 3. The highest BCUT2D eigenvalue weighted by atomic mass is 16.5. The highest BCUT2D eigenvalue weighted by Crippen LogP contribution is 2.47. The number of benzene rings is 1. The molecule has 0 aliphatic carbocycles. The number of aromatic nitrogens is 1. The topological polar surface area (TPSA) is 71.7 Å². The van der Waals surface area contributed by atoms with E-state index in [0.717, 1.165) is 18.1 Å². The van der Waals surface area contributed by atoms with Crippen molar-refractivity contribution >= 4 is 11.7 Å². The van der Waals surface area contributed by atoms with Gasteiger partial charge in [-0.25, -0.2) is 4.98 Å². The molecule has 3 atom stereocenters. The number of nitrogens with zero attached hydrogens (tertiary/aromatic N) is 3. The number of ether oxygens (including phenoxy) is 1. The monoisotopic (exact) mass is 378 g/mol. The predicted molar refractivity (Wildman–Crippen MR) is 108 cm³/mol. The molecule has 4 saturated heterocycles. The Balaban J connectivity index is 1.50. The maximum absolute atomic E-state index is 11.4. The first-order chi connectivity index (χ1) is 13.7. The van der Waals surface area contributed by atoms with E-state index in [0.29, 0.717) is 29.5 Å². The summed E-state index contributed by atoms with van der Waals surface area (Å²) in [5.41, 5.74) is 7.20. The second kappa shape index (κ2) is 6.78. The second-order valence-electron chi connectivity index (χ2n) is 8.16. The molecule has 1 aromatic heterocycles. The van der Waals surface area contributed by atoms with Crippen molar-refractivity contribution in [3.05, 3.63) is 53.7 Å². The van der Waals surface area contributed by atoms with Gasteiger partial charge < -0.3 is 15.4 Å². The standard InChI is InChI=1S/C22H26N4O2/c1-28-17-5-2-14(3-6-17)18-13-26(19-7-4-16(12-24-19)22(23)27)20-15-8-10-25(11-9-15)21(18)20/h2-7,12,15,18,20-21H,8-11,13H2,1H3,(H2,23,27). The third kappa shape index (κ3) is 2.75. The van der Waals surface area contributed by atoms with Gasteiger partial charge in [0.15, 0.2) is 0 Å². The van der Waals surface area contributed by atoms with E-state index in [1.54, 1.807) is 19.4 Å². The number of methoxy groups -OCH3 is 1. The molecule has 0 spiro atoms. The lowest BCUT2D eigenvalue weighted by Gasteiger charge is -2.51. The molecule has 2 bridgehead atoms. The summed E-state index contributed by atoms with van der Waals surface area (Å²) in [6.07, 6.45) is 4.12. The van der Waals surface area contributed by atoms with E-state index in [1.165, 1.54) is 31.5 Å². The fourth-order valence-corrected chi connectivity index (χ4v) is 5.53. The number of anilines is 1. The molecule has 4 aliphatic heterocycles. The van der Waals surface area contributed by atoms with Gasteiger partial charge in [0.1, 0.15) is 11.6 Å². The third-order valence-electron chi connectivity index (χ3n) is 6.86. The van der Waals surface area contributed by atoms with Crippen LogP contribution in [0.15, 0.2) is 42.6 Å². The molecule has 6 nitrogen and oxygen atoms in total. The molecule has 2 N–H and O–H groups in total. The highest BCUT2D eigenvalue weighted by molar-refractivity contribution is 5.92. The summed E-state index contributed by atoms with van der Waals surface area (Å²) in [5, 5.41) is 0. The normalized spacial score (nSPS) is 30.9. The maximum atomic E-state index is 11.4. The van der Waals surface area contributed by atoms with Gasteiger partial charge >= 0.3 is 0 Å². The van der Waals surface area contributed by atoms with Crippen molar-refractivity contribution in [1.82, 2.24) is 9.88 Å². The van der Waals surface area contributed by atoms with Gasteiger partial charge in [-0.15, -0.1) is 0 Å². The van der Waals surface area contributed by atoms with Crippen molar-refractivity contribution in [3.8, 4) is 5.75 Å². The van der Waals surface area contributed by atoms with Crippen LogP contribution in [0, 0.1) is 5.92 Å². The second-order valence-corrected chi connectivity index (χ2v) is 8.16. The van der Waals surface area contributed by atoms with Crippen molar-refractivity contribution in [2.75, 3.05) is 31.6 Å². The SMILES string of the molecule is COc1ccc(C2CN(c3ccc(C(N)=O)cn3)C3C4CCN(CC4)C23)cc1. The Morgan fingerprint density at radius 1 is 1.11 bits per heavy atom. The number of carbonyl (C=O) groups excluding carboxylic acids is 1. The van der Waals surface area contributed by atoms with Crippen LogP contribution in [0.4, 0.5) is 5.82 Å². The molecule has 2 aromatic rings. The molecule has 6 heteroatoms. The van der Waals surface area contributed by atoms with Crippen LogP contribution in [-0.4, -0.2) is 54.6 Å². The zero-order chi connectivity index (χ0) is 19.3. The molecular weight excluding hydrogens is 352 g/mol. The van der Waals surface area contributed by atoms with Crippen LogP contribution in [-0.2, 0) is 0 Å². The fraction of sp³-hybridized carbons (Fsp3) is 0.455. The zero-order valence-electron chi connectivity index (χ0n) is 16.1. The first kappa shape index (κ1) is 17.5. The van der Waals surface area contributed by atoms with E-state index in [1.807, 2.05) is 6.07 Å². The van der Waals surface area contributed by atoms with Crippen LogP contribution in [0.5, 0.6) is 5.75 Å². The number of fused-ring (bicyclic) bond motifs is 2. The summed E-state index contributed by atoms with van der Waals surface area (Å²) < 4.78 is 5.34. The number of rotatable bonds is 4. The van der Waals surface area contributed by atoms with Gasteiger partial charge in [0.05, 0.1) is 12.7 Å². The molecule has 4 fully saturated rings. The molecule has 28 heavy (non-hydrogen) atoms. The van der Waals surface area contributed by atoms with Crippen LogP contribution in [0.25, 0.3) is 0 Å². The Kier molecular flexibility index (Phi) is 4.23. The van der Waals surface area contributed by atoms with E-state index in [9.17, 15) is 4.79 Å². The average molecular weight is 378 g/mol. The number of hydrogen-bond donors (Lipinski definition) is 1. The number of carbonyl (C=O) groups is 1. The molecule has 3 unspecified atom stereocenters. The first-order valence-corrected chi connectivity index (χ1v) is 10.1. The quantitative estimate of drug-likeness (QED) is 0.884. The molecule has 0 radical (unpaired) electrons. The van der Waals surface area contributed by atoms with Crippen LogP contribution >= 0.6 is 0 Å². The van der Waals surface area contributed by atoms with Gasteiger partial charge in [-0.3, -0.25) is 9.69 Å². The van der Waals surface area contributed by atoms with Crippen molar-refractivity contribution in [1.29, 1.82) is 0 Å². The third-order valence-corrected chi connectivity index (χ3v) is 6.86. The molecule has 5 heterocycles. The number of primary amides is 1. The van der Waals surface area contributed by atoms with Crippen LogP contribution < -0.4 is 15.4 Å². The summed E-state index contributed by atoms with van der Waals surface area (Å²) in [5.74, 6) is 2.55. The molecule has 0 saturated carbocycles. The van der Waals surface area contributed by atoms with E-state index in [2.05, 4.69) is 39.0 Å². The van der Waals surface area contributed by atoms with Crippen molar-refractivity contribution < 1.29 is 9.53 Å². The minimum atomic E-state index is -0.433.